The number of alkyl halides is 1. The highest BCUT2D eigenvalue weighted by molar-refractivity contribution is 9.09. The number of amides is 1. The Balaban J connectivity index is 1.88. The third kappa shape index (κ3) is 2.07. The summed E-state index contributed by atoms with van der Waals surface area (Å²) in [5, 5.41) is 1.11. The molecule has 15 heavy (non-hydrogen) atoms. The summed E-state index contributed by atoms with van der Waals surface area (Å²) in [4.78, 5) is 13.7. The maximum Gasteiger partial charge on any atom is 0.239 e. The van der Waals surface area contributed by atoms with Crippen LogP contribution in [0.4, 0.5) is 0 Å². The van der Waals surface area contributed by atoms with Crippen LogP contribution in [0, 0.1) is 11.3 Å². The number of rotatable bonds is 2. The van der Waals surface area contributed by atoms with Gasteiger partial charge in [-0.1, -0.05) is 15.9 Å². The van der Waals surface area contributed by atoms with Gasteiger partial charge in [-0.2, -0.15) is 0 Å². The summed E-state index contributed by atoms with van der Waals surface area (Å²) in [6.45, 7) is 3.63. The summed E-state index contributed by atoms with van der Waals surface area (Å²) < 4.78 is 0. The molecule has 1 unspecified atom stereocenters. The molecule has 0 aromatic carbocycles. The highest BCUT2D eigenvalue weighted by Gasteiger charge is 2.48. The molecular formula is C11H19BrN2O. The smallest absolute Gasteiger partial charge is 0.239 e. The van der Waals surface area contributed by atoms with Crippen LogP contribution in [0.15, 0.2) is 0 Å². The number of hydrogen-bond donors (Lipinski definition) is 1. The first-order chi connectivity index (χ1) is 7.06. The fourth-order valence-corrected chi connectivity index (χ4v) is 3.48. The zero-order chi connectivity index (χ0) is 11.1. The molecule has 2 fully saturated rings. The van der Waals surface area contributed by atoms with Gasteiger partial charge in [0.05, 0.1) is 6.04 Å². The lowest BCUT2D eigenvalue weighted by atomic mass is 9.62. The van der Waals surface area contributed by atoms with Crippen molar-refractivity contribution in [3.63, 3.8) is 0 Å². The second-order valence-electron chi connectivity index (χ2n) is 5.23. The van der Waals surface area contributed by atoms with Crippen LogP contribution in [0.3, 0.4) is 0 Å². The van der Waals surface area contributed by atoms with Gasteiger partial charge in [-0.05, 0) is 37.5 Å². The van der Waals surface area contributed by atoms with Gasteiger partial charge in [0, 0.05) is 18.4 Å². The minimum Gasteiger partial charge on any atom is -0.341 e. The molecule has 1 atom stereocenters. The summed E-state index contributed by atoms with van der Waals surface area (Å²) in [6, 6.07) is -0.341. The summed E-state index contributed by atoms with van der Waals surface area (Å²) in [5.74, 6) is 0.949. The Morgan fingerprint density at radius 1 is 1.67 bits per heavy atom. The van der Waals surface area contributed by atoms with Crippen LogP contribution in [0.2, 0.25) is 0 Å². The summed E-state index contributed by atoms with van der Waals surface area (Å²) in [7, 11) is 0. The number of hydrogen-bond acceptors (Lipinski definition) is 2. The fraction of sp³-hybridized carbons (Fsp3) is 0.909. The van der Waals surface area contributed by atoms with E-state index < -0.39 is 0 Å². The fourth-order valence-electron chi connectivity index (χ4n) is 3.02. The Hall–Kier alpha value is -0.0900. The number of carbonyl (C=O) groups is 1. The van der Waals surface area contributed by atoms with E-state index in [9.17, 15) is 4.79 Å². The van der Waals surface area contributed by atoms with Crippen molar-refractivity contribution < 1.29 is 4.79 Å². The van der Waals surface area contributed by atoms with E-state index in [0.29, 0.717) is 5.41 Å². The molecule has 1 amide bonds. The van der Waals surface area contributed by atoms with Gasteiger partial charge in [0.15, 0.2) is 0 Å². The molecule has 1 saturated carbocycles. The Bertz CT molecular complexity index is 261. The van der Waals surface area contributed by atoms with Crippen molar-refractivity contribution in [2.24, 2.45) is 17.1 Å². The van der Waals surface area contributed by atoms with Crippen molar-refractivity contribution in [3.8, 4) is 0 Å². The van der Waals surface area contributed by atoms with Gasteiger partial charge in [-0.15, -0.1) is 0 Å². The zero-order valence-electron chi connectivity index (χ0n) is 9.21. The first-order valence-electron chi connectivity index (χ1n) is 5.67. The third-order valence-electron chi connectivity index (χ3n) is 3.80. The highest BCUT2D eigenvalue weighted by Crippen LogP contribution is 2.52. The minimum absolute atomic E-state index is 0.120. The molecule has 2 rings (SSSR count). The average molecular weight is 275 g/mol. The van der Waals surface area contributed by atoms with Crippen LogP contribution in [0.5, 0.6) is 0 Å². The lowest BCUT2D eigenvalue weighted by Crippen LogP contribution is -2.45. The minimum atomic E-state index is -0.341. The van der Waals surface area contributed by atoms with Gasteiger partial charge >= 0.3 is 0 Å². The van der Waals surface area contributed by atoms with Crippen molar-refractivity contribution in [1.29, 1.82) is 0 Å². The molecule has 1 saturated heterocycles. The molecule has 3 nitrogen and oxygen atoms in total. The predicted octanol–water partition coefficient (Wildman–Crippen LogP) is 1.36. The maximum absolute atomic E-state index is 11.7. The van der Waals surface area contributed by atoms with Gasteiger partial charge in [-0.25, -0.2) is 0 Å². The molecule has 4 heteroatoms. The van der Waals surface area contributed by atoms with Crippen molar-refractivity contribution in [2.45, 2.75) is 32.2 Å². The quantitative estimate of drug-likeness (QED) is 0.773. The SMILES string of the molecule is CC(N)C(=O)N1CCC2(CC(CBr)C2)C1. The largest absolute Gasteiger partial charge is 0.341 e. The molecule has 0 radical (unpaired) electrons. The van der Waals surface area contributed by atoms with E-state index in [1.54, 1.807) is 6.92 Å². The van der Waals surface area contributed by atoms with E-state index >= 15 is 0 Å². The first kappa shape index (κ1) is 11.4. The lowest BCUT2D eigenvalue weighted by molar-refractivity contribution is -0.132. The molecule has 1 spiro atoms. The summed E-state index contributed by atoms with van der Waals surface area (Å²) >= 11 is 3.52. The molecule has 1 aliphatic carbocycles. The van der Waals surface area contributed by atoms with Gasteiger partial charge in [-0.3, -0.25) is 4.79 Å². The molecule has 2 N–H and O–H groups in total. The standard InChI is InChI=1S/C11H19BrN2O/c1-8(13)10(15)14-3-2-11(7-14)4-9(5-11)6-12/h8-9H,2-7,13H2,1H3. The van der Waals surface area contributed by atoms with Crippen LogP contribution in [0.25, 0.3) is 0 Å². The van der Waals surface area contributed by atoms with E-state index in [1.165, 1.54) is 19.3 Å². The van der Waals surface area contributed by atoms with E-state index in [0.717, 1.165) is 24.3 Å². The highest BCUT2D eigenvalue weighted by atomic mass is 79.9. The van der Waals surface area contributed by atoms with Gasteiger partial charge < -0.3 is 10.6 Å². The topological polar surface area (TPSA) is 46.3 Å². The maximum atomic E-state index is 11.7. The predicted molar refractivity (Wildman–Crippen MR) is 63.8 cm³/mol. The Labute approximate surface area is 99.5 Å². The first-order valence-corrected chi connectivity index (χ1v) is 6.79. The molecule has 1 aliphatic heterocycles. The average Bonchev–Trinajstić information content (AvgIpc) is 2.58. The van der Waals surface area contributed by atoms with Crippen molar-refractivity contribution in [1.82, 2.24) is 4.90 Å². The number of halogens is 1. The van der Waals surface area contributed by atoms with Crippen LogP contribution < -0.4 is 5.73 Å². The number of nitrogens with zero attached hydrogens (tertiary/aromatic N) is 1. The van der Waals surface area contributed by atoms with E-state index in [-0.39, 0.29) is 11.9 Å². The second-order valence-corrected chi connectivity index (χ2v) is 5.87. The van der Waals surface area contributed by atoms with Crippen LogP contribution in [-0.2, 0) is 4.79 Å². The van der Waals surface area contributed by atoms with Gasteiger partial charge in [0.2, 0.25) is 5.91 Å². The molecule has 86 valence electrons. The van der Waals surface area contributed by atoms with Crippen molar-refractivity contribution >= 4 is 21.8 Å². The van der Waals surface area contributed by atoms with E-state index in [4.69, 9.17) is 5.73 Å². The summed E-state index contributed by atoms with van der Waals surface area (Å²) in [5.41, 5.74) is 6.07. The number of nitrogens with two attached hydrogens (primary N) is 1. The van der Waals surface area contributed by atoms with Gasteiger partial charge in [0.1, 0.15) is 0 Å². The Morgan fingerprint density at radius 2 is 2.33 bits per heavy atom. The number of carbonyl (C=O) groups excluding carboxylic acids is 1. The molecule has 1 heterocycles. The molecule has 0 aromatic heterocycles. The van der Waals surface area contributed by atoms with Gasteiger partial charge in [0.25, 0.3) is 0 Å². The van der Waals surface area contributed by atoms with Crippen LogP contribution in [0.1, 0.15) is 26.2 Å². The van der Waals surface area contributed by atoms with Crippen LogP contribution >= 0.6 is 15.9 Å². The third-order valence-corrected chi connectivity index (χ3v) is 4.72. The van der Waals surface area contributed by atoms with Crippen molar-refractivity contribution in [3.05, 3.63) is 0 Å². The molecular weight excluding hydrogens is 256 g/mol. The second kappa shape index (κ2) is 4.06. The Kier molecular flexibility index (Phi) is 3.08. The van der Waals surface area contributed by atoms with Crippen LogP contribution in [-0.4, -0.2) is 35.3 Å². The molecule has 2 aliphatic rings. The number of likely N-dealkylation sites (tertiary alicyclic amines) is 1. The monoisotopic (exact) mass is 274 g/mol. The zero-order valence-corrected chi connectivity index (χ0v) is 10.8. The lowest BCUT2D eigenvalue weighted by Gasteiger charge is -2.44. The van der Waals surface area contributed by atoms with Crippen molar-refractivity contribution in [2.75, 3.05) is 18.4 Å². The van der Waals surface area contributed by atoms with E-state index in [2.05, 4.69) is 15.9 Å². The summed E-state index contributed by atoms with van der Waals surface area (Å²) in [6.07, 6.45) is 3.73. The Morgan fingerprint density at radius 3 is 2.87 bits per heavy atom. The normalized spacial score (nSPS) is 36.7. The molecule has 0 aromatic rings. The molecule has 0 bridgehead atoms. The van der Waals surface area contributed by atoms with E-state index in [1.807, 2.05) is 4.90 Å².